The Hall–Kier alpha value is -1.73. The summed E-state index contributed by atoms with van der Waals surface area (Å²) in [6.07, 6.45) is 1.92. The zero-order valence-electron chi connectivity index (χ0n) is 9.76. The van der Waals surface area contributed by atoms with Gasteiger partial charge in [-0.25, -0.2) is 0 Å². The molecule has 0 amide bonds. The molecule has 1 fully saturated rings. The van der Waals surface area contributed by atoms with E-state index in [1.807, 2.05) is 6.07 Å². The Morgan fingerprint density at radius 3 is 3.06 bits per heavy atom. The van der Waals surface area contributed by atoms with Crippen LogP contribution in [0, 0.1) is 17.2 Å². The van der Waals surface area contributed by atoms with Gasteiger partial charge in [0, 0.05) is 19.7 Å². The van der Waals surface area contributed by atoms with Gasteiger partial charge in [-0.05, 0) is 37.0 Å². The molecule has 1 aromatic rings. The molecule has 17 heavy (non-hydrogen) atoms. The third-order valence-corrected chi connectivity index (χ3v) is 3.32. The van der Waals surface area contributed by atoms with Gasteiger partial charge in [-0.15, -0.1) is 0 Å². The second-order valence-electron chi connectivity index (χ2n) is 4.50. The van der Waals surface area contributed by atoms with Crippen LogP contribution in [-0.2, 0) is 0 Å². The number of rotatable bonds is 3. The molecule has 4 nitrogen and oxygen atoms in total. The van der Waals surface area contributed by atoms with Crippen molar-refractivity contribution in [1.29, 1.82) is 5.26 Å². The fourth-order valence-electron chi connectivity index (χ4n) is 2.36. The molecule has 2 rings (SSSR count). The Kier molecular flexibility index (Phi) is 3.50. The van der Waals surface area contributed by atoms with E-state index >= 15 is 0 Å². The summed E-state index contributed by atoms with van der Waals surface area (Å²) in [6, 6.07) is 7.50. The molecule has 1 aromatic carbocycles. The SMILES string of the molecule is N#Cc1ccc(N)c(N2CCC(CCO)C2)c1. The zero-order valence-corrected chi connectivity index (χ0v) is 9.76. The summed E-state index contributed by atoms with van der Waals surface area (Å²) >= 11 is 0. The molecule has 0 saturated carbocycles. The number of nitrogen functional groups attached to an aromatic ring is 1. The van der Waals surface area contributed by atoms with Gasteiger partial charge in [0.15, 0.2) is 0 Å². The molecule has 1 aliphatic rings. The Balaban J connectivity index is 2.15. The summed E-state index contributed by atoms with van der Waals surface area (Å²) in [7, 11) is 0. The molecule has 4 heteroatoms. The molecule has 3 N–H and O–H groups in total. The molecule has 0 radical (unpaired) electrons. The topological polar surface area (TPSA) is 73.3 Å². The standard InChI is InChI=1S/C13H17N3O/c14-8-11-1-2-12(15)13(7-11)16-5-3-10(9-16)4-6-17/h1-2,7,10,17H,3-6,9,15H2. The van der Waals surface area contributed by atoms with Gasteiger partial charge in [0.1, 0.15) is 0 Å². The minimum atomic E-state index is 0.242. The number of aliphatic hydroxyl groups is 1. The van der Waals surface area contributed by atoms with E-state index in [1.54, 1.807) is 12.1 Å². The Bertz CT molecular complexity index is 439. The van der Waals surface area contributed by atoms with Crippen LogP contribution in [-0.4, -0.2) is 24.8 Å². The van der Waals surface area contributed by atoms with Crippen LogP contribution in [0.25, 0.3) is 0 Å². The van der Waals surface area contributed by atoms with Gasteiger partial charge >= 0.3 is 0 Å². The average Bonchev–Trinajstić information content (AvgIpc) is 2.79. The Morgan fingerprint density at radius 1 is 1.53 bits per heavy atom. The van der Waals surface area contributed by atoms with Crippen molar-refractivity contribution in [3.63, 3.8) is 0 Å². The predicted molar refractivity (Wildman–Crippen MR) is 67.6 cm³/mol. The van der Waals surface area contributed by atoms with Gasteiger partial charge in [-0.1, -0.05) is 0 Å². The van der Waals surface area contributed by atoms with Crippen molar-refractivity contribution in [2.75, 3.05) is 30.3 Å². The fraction of sp³-hybridized carbons (Fsp3) is 0.462. The maximum absolute atomic E-state index is 8.93. The van der Waals surface area contributed by atoms with E-state index in [1.165, 1.54) is 0 Å². The lowest BCUT2D eigenvalue weighted by Gasteiger charge is -2.20. The first-order valence-electron chi connectivity index (χ1n) is 5.90. The molecule has 0 bridgehead atoms. The van der Waals surface area contributed by atoms with Crippen LogP contribution in [0.1, 0.15) is 18.4 Å². The normalized spacial score (nSPS) is 19.3. The van der Waals surface area contributed by atoms with Crippen LogP contribution in [0.15, 0.2) is 18.2 Å². The number of benzene rings is 1. The van der Waals surface area contributed by atoms with Gasteiger partial charge in [0.2, 0.25) is 0 Å². The molecular weight excluding hydrogens is 214 g/mol. The fourth-order valence-corrected chi connectivity index (χ4v) is 2.36. The molecule has 1 atom stereocenters. The molecule has 1 saturated heterocycles. The van der Waals surface area contributed by atoms with E-state index in [0.717, 1.165) is 31.6 Å². The van der Waals surface area contributed by atoms with Crippen molar-refractivity contribution in [2.45, 2.75) is 12.8 Å². The second-order valence-corrected chi connectivity index (χ2v) is 4.50. The highest BCUT2D eigenvalue weighted by Crippen LogP contribution is 2.30. The molecule has 0 aromatic heterocycles. The van der Waals surface area contributed by atoms with E-state index in [9.17, 15) is 0 Å². The average molecular weight is 231 g/mol. The van der Waals surface area contributed by atoms with Crippen molar-refractivity contribution in [2.24, 2.45) is 5.92 Å². The molecular formula is C13H17N3O. The van der Waals surface area contributed by atoms with Crippen LogP contribution < -0.4 is 10.6 Å². The number of anilines is 2. The minimum absolute atomic E-state index is 0.242. The first kappa shape index (κ1) is 11.7. The third-order valence-electron chi connectivity index (χ3n) is 3.32. The Morgan fingerprint density at radius 2 is 2.35 bits per heavy atom. The number of hydrogen-bond donors (Lipinski definition) is 2. The monoisotopic (exact) mass is 231 g/mol. The molecule has 1 heterocycles. The maximum Gasteiger partial charge on any atom is 0.0992 e. The van der Waals surface area contributed by atoms with Crippen molar-refractivity contribution in [3.8, 4) is 6.07 Å². The van der Waals surface area contributed by atoms with Gasteiger partial charge < -0.3 is 15.7 Å². The third kappa shape index (κ3) is 2.51. The number of nitrogens with zero attached hydrogens (tertiary/aromatic N) is 2. The summed E-state index contributed by atoms with van der Waals surface area (Å²) in [5, 5.41) is 17.8. The van der Waals surface area contributed by atoms with Crippen molar-refractivity contribution < 1.29 is 5.11 Å². The van der Waals surface area contributed by atoms with Gasteiger partial charge in [-0.3, -0.25) is 0 Å². The molecule has 0 aliphatic carbocycles. The molecule has 1 aliphatic heterocycles. The highest BCUT2D eigenvalue weighted by molar-refractivity contribution is 5.70. The second kappa shape index (κ2) is 5.07. The van der Waals surface area contributed by atoms with E-state index in [4.69, 9.17) is 16.1 Å². The van der Waals surface area contributed by atoms with E-state index in [0.29, 0.717) is 17.2 Å². The first-order chi connectivity index (χ1) is 8.24. The smallest absolute Gasteiger partial charge is 0.0992 e. The van der Waals surface area contributed by atoms with E-state index in [-0.39, 0.29) is 6.61 Å². The minimum Gasteiger partial charge on any atom is -0.397 e. The lowest BCUT2D eigenvalue weighted by Crippen LogP contribution is -2.21. The maximum atomic E-state index is 8.93. The van der Waals surface area contributed by atoms with Gasteiger partial charge in [0.05, 0.1) is 23.0 Å². The first-order valence-corrected chi connectivity index (χ1v) is 5.90. The highest BCUT2D eigenvalue weighted by atomic mass is 16.3. The molecule has 1 unspecified atom stereocenters. The quantitative estimate of drug-likeness (QED) is 0.770. The largest absolute Gasteiger partial charge is 0.397 e. The lowest BCUT2D eigenvalue weighted by molar-refractivity contribution is 0.263. The van der Waals surface area contributed by atoms with Crippen molar-refractivity contribution in [3.05, 3.63) is 23.8 Å². The molecule has 0 spiro atoms. The van der Waals surface area contributed by atoms with Crippen LogP contribution >= 0.6 is 0 Å². The van der Waals surface area contributed by atoms with Crippen LogP contribution in [0.2, 0.25) is 0 Å². The summed E-state index contributed by atoms with van der Waals surface area (Å²) in [4.78, 5) is 2.20. The number of aliphatic hydroxyl groups excluding tert-OH is 1. The van der Waals surface area contributed by atoms with Crippen LogP contribution in [0.3, 0.4) is 0 Å². The van der Waals surface area contributed by atoms with E-state index < -0.39 is 0 Å². The van der Waals surface area contributed by atoms with Crippen LogP contribution in [0.4, 0.5) is 11.4 Å². The number of nitrogens with two attached hydrogens (primary N) is 1. The summed E-state index contributed by atoms with van der Waals surface area (Å²) < 4.78 is 0. The van der Waals surface area contributed by atoms with Gasteiger partial charge in [-0.2, -0.15) is 5.26 Å². The van der Waals surface area contributed by atoms with Crippen molar-refractivity contribution >= 4 is 11.4 Å². The summed E-state index contributed by atoms with van der Waals surface area (Å²) in [6.45, 7) is 2.11. The molecule has 90 valence electrons. The number of nitriles is 1. The Labute approximate surface area is 101 Å². The van der Waals surface area contributed by atoms with Crippen molar-refractivity contribution in [1.82, 2.24) is 0 Å². The lowest BCUT2D eigenvalue weighted by atomic mass is 10.1. The van der Waals surface area contributed by atoms with Crippen LogP contribution in [0.5, 0.6) is 0 Å². The zero-order chi connectivity index (χ0) is 12.3. The highest BCUT2D eigenvalue weighted by Gasteiger charge is 2.23. The number of hydrogen-bond acceptors (Lipinski definition) is 4. The predicted octanol–water partition coefficient (Wildman–Crippen LogP) is 1.35. The van der Waals surface area contributed by atoms with Gasteiger partial charge in [0.25, 0.3) is 0 Å². The van der Waals surface area contributed by atoms with E-state index in [2.05, 4.69) is 11.0 Å². The summed E-state index contributed by atoms with van der Waals surface area (Å²) in [5.74, 6) is 0.533. The summed E-state index contributed by atoms with van der Waals surface area (Å²) in [5.41, 5.74) is 8.25.